The van der Waals surface area contributed by atoms with Gasteiger partial charge in [-0.2, -0.15) is 0 Å². The van der Waals surface area contributed by atoms with E-state index in [-0.39, 0.29) is 5.75 Å². The fourth-order valence-electron chi connectivity index (χ4n) is 2.23. The zero-order valence-corrected chi connectivity index (χ0v) is 11.6. The van der Waals surface area contributed by atoms with Crippen LogP contribution in [0.3, 0.4) is 0 Å². The second kappa shape index (κ2) is 5.64. The molecule has 2 heterocycles. The lowest BCUT2D eigenvalue weighted by molar-refractivity contribution is 0.475. The Bertz CT molecular complexity index is 615. The number of halogens is 1. The van der Waals surface area contributed by atoms with Crippen LogP contribution in [0.5, 0.6) is 5.75 Å². The molecule has 0 spiro atoms. The Morgan fingerprint density at radius 2 is 1.85 bits per heavy atom. The maximum absolute atomic E-state index is 9.27. The van der Waals surface area contributed by atoms with E-state index in [0.717, 1.165) is 42.9 Å². The molecule has 1 aliphatic rings. The fraction of sp³-hybridized carbons (Fsp3) is 0.286. The van der Waals surface area contributed by atoms with Gasteiger partial charge in [-0.3, -0.25) is 0 Å². The first-order valence-electron chi connectivity index (χ1n) is 6.54. The summed E-state index contributed by atoms with van der Waals surface area (Å²) in [4.78, 5) is 8.84. The van der Waals surface area contributed by atoms with E-state index in [4.69, 9.17) is 11.6 Å². The van der Waals surface area contributed by atoms with Gasteiger partial charge in [0.05, 0.1) is 5.69 Å². The highest BCUT2D eigenvalue weighted by molar-refractivity contribution is 6.30. The Kier molecular flexibility index (Phi) is 3.71. The third kappa shape index (κ3) is 2.84. The molecular weight excluding hydrogens is 276 g/mol. The smallest absolute Gasteiger partial charge is 0.228 e. The van der Waals surface area contributed by atoms with Gasteiger partial charge in [0.2, 0.25) is 5.95 Å². The van der Waals surface area contributed by atoms with E-state index >= 15 is 0 Å². The van der Waals surface area contributed by atoms with Crippen molar-refractivity contribution in [2.75, 3.05) is 18.4 Å². The molecule has 3 rings (SSSR count). The van der Waals surface area contributed by atoms with Crippen LogP contribution in [0.15, 0.2) is 24.3 Å². The number of phenols is 1. The number of aromatic hydroxyl groups is 1. The Morgan fingerprint density at radius 1 is 1.10 bits per heavy atom. The number of rotatable bonds is 2. The minimum atomic E-state index is 0.225. The van der Waals surface area contributed by atoms with Crippen molar-refractivity contribution in [1.82, 2.24) is 15.3 Å². The molecule has 0 saturated heterocycles. The molecule has 104 valence electrons. The van der Waals surface area contributed by atoms with Gasteiger partial charge in [-0.25, -0.2) is 9.97 Å². The molecule has 0 fully saturated rings. The standard InChI is InChI=1S/C14H15ClN4O/c15-13-11-5-7-16-8-6-12(11)18-14(19-13)17-9-1-3-10(20)4-2-9/h1-4,16,20H,5-8H2,(H,17,18,19). The van der Waals surface area contributed by atoms with Gasteiger partial charge >= 0.3 is 0 Å². The van der Waals surface area contributed by atoms with Gasteiger partial charge in [-0.15, -0.1) is 0 Å². The SMILES string of the molecule is Oc1ccc(Nc2nc(Cl)c3c(n2)CCNCC3)cc1. The van der Waals surface area contributed by atoms with Crippen LogP contribution < -0.4 is 10.6 Å². The summed E-state index contributed by atoms with van der Waals surface area (Å²) in [6.45, 7) is 1.81. The van der Waals surface area contributed by atoms with Gasteiger partial charge in [0.15, 0.2) is 0 Å². The number of nitrogens with zero attached hydrogens (tertiary/aromatic N) is 2. The van der Waals surface area contributed by atoms with Gasteiger partial charge in [0, 0.05) is 24.2 Å². The van der Waals surface area contributed by atoms with Gasteiger partial charge in [0.1, 0.15) is 10.9 Å². The highest BCUT2D eigenvalue weighted by atomic mass is 35.5. The van der Waals surface area contributed by atoms with Crippen molar-refractivity contribution in [3.63, 3.8) is 0 Å². The number of hydrogen-bond donors (Lipinski definition) is 3. The molecular formula is C14H15ClN4O. The Labute approximate surface area is 122 Å². The second-order valence-corrected chi connectivity index (χ2v) is 5.04. The van der Waals surface area contributed by atoms with Crippen LogP contribution in [0.4, 0.5) is 11.6 Å². The Morgan fingerprint density at radius 3 is 2.65 bits per heavy atom. The maximum Gasteiger partial charge on any atom is 0.228 e. The summed E-state index contributed by atoms with van der Waals surface area (Å²) in [5.41, 5.74) is 2.84. The van der Waals surface area contributed by atoms with E-state index in [1.807, 2.05) is 0 Å². The van der Waals surface area contributed by atoms with Crippen molar-refractivity contribution in [2.45, 2.75) is 12.8 Å². The minimum absolute atomic E-state index is 0.225. The van der Waals surface area contributed by atoms with E-state index < -0.39 is 0 Å². The largest absolute Gasteiger partial charge is 0.508 e. The quantitative estimate of drug-likeness (QED) is 0.585. The van der Waals surface area contributed by atoms with Crippen LogP contribution in [0.2, 0.25) is 5.15 Å². The first-order valence-corrected chi connectivity index (χ1v) is 6.92. The van der Waals surface area contributed by atoms with Gasteiger partial charge in [0.25, 0.3) is 0 Å². The lowest BCUT2D eigenvalue weighted by atomic mass is 10.1. The van der Waals surface area contributed by atoms with Crippen LogP contribution >= 0.6 is 11.6 Å². The molecule has 0 amide bonds. The number of aromatic nitrogens is 2. The van der Waals surface area contributed by atoms with E-state index in [1.165, 1.54) is 0 Å². The number of fused-ring (bicyclic) bond motifs is 1. The predicted octanol–water partition coefficient (Wildman–Crippen LogP) is 2.27. The van der Waals surface area contributed by atoms with Crippen LogP contribution in [0, 0.1) is 0 Å². The second-order valence-electron chi connectivity index (χ2n) is 4.69. The molecule has 0 unspecified atom stereocenters. The number of nitrogens with one attached hydrogen (secondary N) is 2. The third-order valence-electron chi connectivity index (χ3n) is 3.26. The summed E-state index contributed by atoms with van der Waals surface area (Å²) in [5.74, 6) is 0.712. The molecule has 5 nitrogen and oxygen atoms in total. The van der Waals surface area contributed by atoms with Crippen LogP contribution in [-0.4, -0.2) is 28.2 Å². The van der Waals surface area contributed by atoms with E-state index in [1.54, 1.807) is 24.3 Å². The zero-order chi connectivity index (χ0) is 13.9. The fourth-order valence-corrected chi connectivity index (χ4v) is 2.51. The number of phenolic OH excluding ortho intramolecular Hbond substituents is 1. The van der Waals surface area contributed by atoms with E-state index in [2.05, 4.69) is 20.6 Å². The molecule has 0 aliphatic carbocycles. The molecule has 1 aromatic carbocycles. The molecule has 1 aromatic heterocycles. The molecule has 0 atom stereocenters. The summed E-state index contributed by atoms with van der Waals surface area (Å²) >= 11 is 6.25. The molecule has 20 heavy (non-hydrogen) atoms. The Balaban J connectivity index is 1.89. The van der Waals surface area contributed by atoms with Crippen molar-refractivity contribution in [3.8, 4) is 5.75 Å². The lowest BCUT2D eigenvalue weighted by Crippen LogP contribution is -2.16. The van der Waals surface area contributed by atoms with Crippen molar-refractivity contribution >= 4 is 23.2 Å². The highest BCUT2D eigenvalue weighted by Gasteiger charge is 2.15. The molecule has 2 aromatic rings. The number of benzene rings is 1. The molecule has 0 radical (unpaired) electrons. The average molecular weight is 291 g/mol. The summed E-state index contributed by atoms with van der Waals surface area (Å²) in [6.07, 6.45) is 1.70. The molecule has 0 saturated carbocycles. The first kappa shape index (κ1) is 13.1. The van der Waals surface area contributed by atoms with Gasteiger partial charge in [-0.1, -0.05) is 11.6 Å². The highest BCUT2D eigenvalue weighted by Crippen LogP contribution is 2.23. The molecule has 6 heteroatoms. The zero-order valence-electron chi connectivity index (χ0n) is 10.9. The number of anilines is 2. The normalized spacial score (nSPS) is 14.4. The van der Waals surface area contributed by atoms with E-state index in [0.29, 0.717) is 11.1 Å². The summed E-state index contributed by atoms with van der Waals surface area (Å²) in [5, 5.41) is 16.2. The van der Waals surface area contributed by atoms with Crippen molar-refractivity contribution in [1.29, 1.82) is 0 Å². The van der Waals surface area contributed by atoms with Gasteiger partial charge in [-0.05, 0) is 37.2 Å². The molecule has 3 N–H and O–H groups in total. The van der Waals surface area contributed by atoms with Crippen LogP contribution in [0.25, 0.3) is 0 Å². The number of hydrogen-bond acceptors (Lipinski definition) is 5. The van der Waals surface area contributed by atoms with E-state index in [9.17, 15) is 5.11 Å². The summed E-state index contributed by atoms with van der Waals surface area (Å²) in [7, 11) is 0. The maximum atomic E-state index is 9.27. The topological polar surface area (TPSA) is 70.1 Å². The van der Waals surface area contributed by atoms with Crippen LogP contribution in [0.1, 0.15) is 11.3 Å². The lowest BCUT2D eigenvalue weighted by Gasteiger charge is -2.10. The van der Waals surface area contributed by atoms with Crippen molar-refractivity contribution in [2.24, 2.45) is 0 Å². The Hall–Kier alpha value is -1.85. The van der Waals surface area contributed by atoms with Crippen molar-refractivity contribution < 1.29 is 5.11 Å². The van der Waals surface area contributed by atoms with Crippen molar-refractivity contribution in [3.05, 3.63) is 40.7 Å². The average Bonchev–Trinajstić information content (AvgIpc) is 2.67. The predicted molar refractivity (Wildman–Crippen MR) is 78.7 cm³/mol. The minimum Gasteiger partial charge on any atom is -0.508 e. The first-order chi connectivity index (χ1) is 9.72. The monoisotopic (exact) mass is 290 g/mol. The third-order valence-corrected chi connectivity index (χ3v) is 3.57. The molecule has 0 bridgehead atoms. The van der Waals surface area contributed by atoms with Gasteiger partial charge < -0.3 is 15.7 Å². The summed E-state index contributed by atoms with van der Waals surface area (Å²) < 4.78 is 0. The summed E-state index contributed by atoms with van der Waals surface area (Å²) in [6, 6.07) is 6.74. The molecule has 1 aliphatic heterocycles. The van der Waals surface area contributed by atoms with Crippen LogP contribution in [-0.2, 0) is 12.8 Å².